The van der Waals surface area contributed by atoms with Gasteiger partial charge in [-0.1, -0.05) is 24.4 Å². The smallest absolute Gasteiger partial charge is 0.410 e. The van der Waals surface area contributed by atoms with Crippen molar-refractivity contribution in [1.29, 1.82) is 0 Å². The van der Waals surface area contributed by atoms with Crippen LogP contribution in [0.3, 0.4) is 0 Å². The summed E-state index contributed by atoms with van der Waals surface area (Å²) in [6, 6.07) is 1.84. The van der Waals surface area contributed by atoms with E-state index in [1.54, 1.807) is 25.7 Å². The molecule has 0 aromatic heterocycles. The molecule has 1 N–H and O–H groups in total. The van der Waals surface area contributed by atoms with Crippen molar-refractivity contribution in [3.8, 4) is 5.75 Å². The Morgan fingerprint density at radius 3 is 2.47 bits per heavy atom. The van der Waals surface area contributed by atoms with Crippen molar-refractivity contribution in [2.45, 2.75) is 58.1 Å². The zero-order valence-corrected chi connectivity index (χ0v) is 23.6. The Hall–Kier alpha value is -2.15. The van der Waals surface area contributed by atoms with Crippen molar-refractivity contribution < 1.29 is 31.9 Å². The van der Waals surface area contributed by atoms with Crippen LogP contribution < -0.4 is 9.46 Å². The monoisotopic (exact) mass is 574 g/mol. The third-order valence-electron chi connectivity index (χ3n) is 7.08. The van der Waals surface area contributed by atoms with Crippen LogP contribution in [0.25, 0.3) is 0 Å². The average molecular weight is 575 g/mol. The van der Waals surface area contributed by atoms with E-state index in [0.717, 1.165) is 42.1 Å². The van der Waals surface area contributed by atoms with Crippen LogP contribution in [0.1, 0.15) is 56.8 Å². The van der Waals surface area contributed by atoms with E-state index in [1.807, 2.05) is 4.72 Å². The molecule has 1 aliphatic carbocycles. The van der Waals surface area contributed by atoms with Crippen LogP contribution in [0.5, 0.6) is 5.75 Å². The number of piperazine rings is 2. The number of nitrogens with one attached hydrogen (secondary N) is 1. The normalized spacial score (nSPS) is 21.7. The first kappa shape index (κ1) is 28.8. The molecular weight excluding hydrogens is 539 g/mol. The molecule has 1 aromatic carbocycles. The van der Waals surface area contributed by atoms with Crippen LogP contribution in [0.2, 0.25) is 5.02 Å². The minimum Gasteiger partial charge on any atom is -0.492 e. The van der Waals surface area contributed by atoms with Crippen molar-refractivity contribution in [2.75, 3.05) is 45.9 Å². The van der Waals surface area contributed by atoms with E-state index in [0.29, 0.717) is 38.7 Å². The molecule has 3 aliphatic rings. The predicted molar refractivity (Wildman–Crippen MR) is 140 cm³/mol. The van der Waals surface area contributed by atoms with Gasteiger partial charge >= 0.3 is 16.3 Å². The standard InChI is InChI=1S/C25H36ClFN4O6S/c1-25(2,3)37-24(33)30-9-8-29-10-11-31(15-18(29)14-30)38(34,35)28-23(32)19-12-20(26)22(13-21(19)27)36-16-17-6-4-5-7-17/h12-13,17-18H,4-11,14-16H2,1-3H3,(H,28,32). The number of hydrogen-bond acceptors (Lipinski definition) is 7. The second kappa shape index (κ2) is 11.5. The summed E-state index contributed by atoms with van der Waals surface area (Å²) in [7, 11) is -4.28. The molecule has 0 bridgehead atoms. The molecule has 1 saturated carbocycles. The highest BCUT2D eigenvalue weighted by Crippen LogP contribution is 2.31. The number of benzene rings is 1. The number of ether oxygens (including phenoxy) is 2. The molecule has 3 fully saturated rings. The third kappa shape index (κ3) is 7.08. The molecule has 2 heterocycles. The maximum Gasteiger partial charge on any atom is 0.410 e. The SMILES string of the molecule is CC(C)(C)OC(=O)N1CCN2CCN(S(=O)(=O)NC(=O)c3cc(Cl)c(OCC4CCCC4)cc3F)CC2C1. The first-order valence-electron chi connectivity index (χ1n) is 13.0. The van der Waals surface area contributed by atoms with E-state index < -0.39 is 39.2 Å². The number of hydrogen-bond donors (Lipinski definition) is 1. The Kier molecular flexibility index (Phi) is 8.75. The van der Waals surface area contributed by atoms with Gasteiger partial charge in [-0.2, -0.15) is 12.7 Å². The quantitative estimate of drug-likeness (QED) is 0.555. The topological polar surface area (TPSA) is 108 Å². The van der Waals surface area contributed by atoms with Gasteiger partial charge in [0.15, 0.2) is 0 Å². The molecule has 1 atom stereocenters. The second-order valence-electron chi connectivity index (χ2n) is 11.1. The Morgan fingerprint density at radius 2 is 1.79 bits per heavy atom. The highest BCUT2D eigenvalue weighted by molar-refractivity contribution is 7.87. The summed E-state index contributed by atoms with van der Waals surface area (Å²) in [6.07, 6.45) is 3.93. The number of halogens is 2. The lowest BCUT2D eigenvalue weighted by molar-refractivity contribution is -0.00592. The summed E-state index contributed by atoms with van der Waals surface area (Å²) in [4.78, 5) is 29.0. The first-order chi connectivity index (χ1) is 17.8. The second-order valence-corrected chi connectivity index (χ2v) is 13.2. The average Bonchev–Trinajstić information content (AvgIpc) is 3.36. The van der Waals surface area contributed by atoms with Gasteiger partial charge in [0, 0.05) is 51.4 Å². The van der Waals surface area contributed by atoms with E-state index in [4.69, 9.17) is 21.1 Å². The van der Waals surface area contributed by atoms with Crippen molar-refractivity contribution in [2.24, 2.45) is 5.92 Å². The largest absolute Gasteiger partial charge is 0.492 e. The van der Waals surface area contributed by atoms with Crippen molar-refractivity contribution >= 4 is 33.8 Å². The maximum absolute atomic E-state index is 14.8. The summed E-state index contributed by atoms with van der Waals surface area (Å²) in [5, 5.41) is 0.0324. The number of carbonyl (C=O) groups excluding carboxylic acids is 2. The van der Waals surface area contributed by atoms with Gasteiger partial charge in [0.25, 0.3) is 5.91 Å². The van der Waals surface area contributed by atoms with Gasteiger partial charge in [-0.25, -0.2) is 13.9 Å². The third-order valence-corrected chi connectivity index (χ3v) is 8.83. The molecule has 0 spiro atoms. The molecule has 2 saturated heterocycles. The Labute approximate surface area is 228 Å². The van der Waals surface area contributed by atoms with Crippen LogP contribution in [0.4, 0.5) is 9.18 Å². The molecule has 10 nitrogen and oxygen atoms in total. The Bertz CT molecular complexity index is 1160. The van der Waals surface area contributed by atoms with Crippen LogP contribution in [0.15, 0.2) is 12.1 Å². The molecule has 13 heteroatoms. The maximum atomic E-state index is 14.8. The molecule has 2 amide bonds. The molecule has 1 unspecified atom stereocenters. The molecular formula is C25H36ClFN4O6S. The fourth-order valence-corrected chi connectivity index (χ4v) is 6.45. The minimum absolute atomic E-state index is 0.0324. The van der Waals surface area contributed by atoms with E-state index in [9.17, 15) is 22.4 Å². The number of amides is 2. The van der Waals surface area contributed by atoms with Crippen molar-refractivity contribution in [1.82, 2.24) is 18.8 Å². The fraction of sp³-hybridized carbons (Fsp3) is 0.680. The van der Waals surface area contributed by atoms with Crippen LogP contribution in [0, 0.1) is 11.7 Å². The molecule has 0 radical (unpaired) electrons. The van der Waals surface area contributed by atoms with Gasteiger partial charge < -0.3 is 14.4 Å². The summed E-state index contributed by atoms with van der Waals surface area (Å²) < 4.78 is 55.1. The van der Waals surface area contributed by atoms with Gasteiger partial charge in [-0.3, -0.25) is 9.69 Å². The van der Waals surface area contributed by atoms with E-state index in [1.165, 1.54) is 0 Å². The zero-order chi connectivity index (χ0) is 27.7. The number of carbonyl (C=O) groups is 2. The number of fused-ring (bicyclic) bond motifs is 1. The fourth-order valence-electron chi connectivity index (χ4n) is 5.07. The Balaban J connectivity index is 1.37. The number of rotatable bonds is 6. The summed E-state index contributed by atoms with van der Waals surface area (Å²) in [5.74, 6) is -1.52. The molecule has 4 rings (SSSR count). The summed E-state index contributed by atoms with van der Waals surface area (Å²) in [5.41, 5.74) is -1.13. The molecule has 2 aliphatic heterocycles. The van der Waals surface area contributed by atoms with Gasteiger partial charge in [0.1, 0.15) is 17.2 Å². The summed E-state index contributed by atoms with van der Waals surface area (Å²) >= 11 is 6.23. The summed E-state index contributed by atoms with van der Waals surface area (Å²) in [6.45, 7) is 7.79. The lowest BCUT2D eigenvalue weighted by Gasteiger charge is -2.46. The van der Waals surface area contributed by atoms with Gasteiger partial charge in [-0.15, -0.1) is 0 Å². The molecule has 1 aromatic rings. The van der Waals surface area contributed by atoms with Crippen LogP contribution in [-0.4, -0.2) is 92.0 Å². The van der Waals surface area contributed by atoms with E-state index in [2.05, 4.69) is 4.90 Å². The van der Waals surface area contributed by atoms with Crippen molar-refractivity contribution in [3.63, 3.8) is 0 Å². The van der Waals surface area contributed by atoms with Crippen molar-refractivity contribution in [3.05, 3.63) is 28.5 Å². The number of nitrogens with zero attached hydrogens (tertiary/aromatic N) is 3. The van der Waals surface area contributed by atoms with Gasteiger partial charge in [0.2, 0.25) is 0 Å². The van der Waals surface area contributed by atoms with Crippen LogP contribution in [-0.2, 0) is 14.9 Å². The van der Waals surface area contributed by atoms with E-state index >= 15 is 0 Å². The van der Waals surface area contributed by atoms with Crippen LogP contribution >= 0.6 is 11.6 Å². The lowest BCUT2D eigenvalue weighted by Crippen LogP contribution is -2.64. The molecule has 38 heavy (non-hydrogen) atoms. The minimum atomic E-state index is -4.28. The predicted octanol–water partition coefficient (Wildman–Crippen LogP) is 3.26. The van der Waals surface area contributed by atoms with E-state index in [-0.39, 0.29) is 29.9 Å². The lowest BCUT2D eigenvalue weighted by atomic mass is 10.1. The first-order valence-corrected chi connectivity index (χ1v) is 14.8. The van der Waals surface area contributed by atoms with Gasteiger partial charge in [-0.05, 0) is 45.6 Å². The highest BCUT2D eigenvalue weighted by atomic mass is 35.5. The van der Waals surface area contributed by atoms with Gasteiger partial charge in [0.05, 0.1) is 17.2 Å². The highest BCUT2D eigenvalue weighted by Gasteiger charge is 2.39. The molecule has 212 valence electrons. The zero-order valence-electron chi connectivity index (χ0n) is 22.0. The Morgan fingerprint density at radius 1 is 1.11 bits per heavy atom.